The minimum Gasteiger partial charge on any atom is -0.212 e. The zero-order valence-corrected chi connectivity index (χ0v) is 10.7. The van der Waals surface area contributed by atoms with Gasteiger partial charge in [-0.3, -0.25) is 0 Å². The van der Waals surface area contributed by atoms with Crippen LogP contribution < -0.4 is 0 Å². The second-order valence-corrected chi connectivity index (χ2v) is 8.28. The van der Waals surface area contributed by atoms with Gasteiger partial charge in [-0.2, -0.15) is 13.2 Å². The number of nitrogens with zero attached hydrogens (tertiary/aromatic N) is 1. The minimum atomic E-state index is -4.23. The normalized spacial score (nSPS) is 27.6. The summed E-state index contributed by atoms with van der Waals surface area (Å²) in [7, 11) is -3.39. The molecular formula is C10H16F3NO2S. The van der Waals surface area contributed by atoms with Gasteiger partial charge in [0.05, 0.1) is 11.2 Å². The number of hydrogen-bond donors (Lipinski definition) is 0. The van der Waals surface area contributed by atoms with Crippen LogP contribution in [0.4, 0.5) is 13.2 Å². The fourth-order valence-electron chi connectivity index (χ4n) is 2.32. The Kier molecular flexibility index (Phi) is 2.61. The molecule has 0 N–H and O–H groups in total. The van der Waals surface area contributed by atoms with Crippen LogP contribution in [0.25, 0.3) is 0 Å². The molecule has 1 saturated carbocycles. The van der Waals surface area contributed by atoms with Gasteiger partial charge in [-0.05, 0) is 19.8 Å². The van der Waals surface area contributed by atoms with E-state index >= 15 is 0 Å². The first-order valence-electron chi connectivity index (χ1n) is 5.54. The summed E-state index contributed by atoms with van der Waals surface area (Å²) in [5.74, 6) is 0. The highest BCUT2D eigenvalue weighted by atomic mass is 32.2. The van der Waals surface area contributed by atoms with E-state index in [1.165, 1.54) is 11.2 Å². The van der Waals surface area contributed by atoms with Gasteiger partial charge >= 0.3 is 6.18 Å². The Labute approximate surface area is 99.0 Å². The molecule has 0 unspecified atom stereocenters. The Morgan fingerprint density at radius 2 is 1.65 bits per heavy atom. The Balaban J connectivity index is 1.99. The third-order valence-electron chi connectivity index (χ3n) is 3.66. The molecule has 100 valence electrons. The summed E-state index contributed by atoms with van der Waals surface area (Å²) in [5, 5.41) is 0. The van der Waals surface area contributed by atoms with Crippen LogP contribution in [0.15, 0.2) is 0 Å². The number of sulfonamides is 1. The van der Waals surface area contributed by atoms with E-state index in [-0.39, 0.29) is 13.1 Å². The van der Waals surface area contributed by atoms with Gasteiger partial charge in [-0.15, -0.1) is 0 Å². The van der Waals surface area contributed by atoms with Crippen LogP contribution >= 0.6 is 0 Å². The van der Waals surface area contributed by atoms with Crippen LogP contribution in [0, 0.1) is 5.41 Å². The highest BCUT2D eigenvalue weighted by Crippen LogP contribution is 2.49. The molecule has 1 aliphatic heterocycles. The predicted molar refractivity (Wildman–Crippen MR) is 56.9 cm³/mol. The molecule has 0 aromatic heterocycles. The van der Waals surface area contributed by atoms with Gasteiger partial charge in [-0.25, -0.2) is 12.7 Å². The van der Waals surface area contributed by atoms with Crippen LogP contribution in [-0.2, 0) is 10.0 Å². The van der Waals surface area contributed by atoms with Crippen molar-refractivity contribution in [3.05, 3.63) is 0 Å². The van der Waals surface area contributed by atoms with Crippen LogP contribution in [-0.4, -0.2) is 36.7 Å². The Morgan fingerprint density at radius 3 is 2.00 bits per heavy atom. The number of alkyl halides is 3. The third-order valence-corrected chi connectivity index (χ3v) is 6.25. The lowest BCUT2D eigenvalue weighted by Gasteiger charge is -2.48. The van der Waals surface area contributed by atoms with Crippen LogP contribution in [0.2, 0.25) is 0 Å². The molecule has 0 amide bonds. The third kappa shape index (κ3) is 2.31. The maximum absolute atomic E-state index is 12.3. The maximum atomic E-state index is 12.3. The van der Waals surface area contributed by atoms with Crippen molar-refractivity contribution in [1.29, 1.82) is 0 Å². The molecule has 1 saturated heterocycles. The second kappa shape index (κ2) is 3.38. The van der Waals surface area contributed by atoms with E-state index in [1.807, 2.05) is 0 Å². The molecule has 17 heavy (non-hydrogen) atoms. The van der Waals surface area contributed by atoms with E-state index in [0.29, 0.717) is 12.8 Å². The van der Waals surface area contributed by atoms with Gasteiger partial charge in [0, 0.05) is 18.5 Å². The van der Waals surface area contributed by atoms with Crippen LogP contribution in [0.5, 0.6) is 0 Å². The first-order valence-corrected chi connectivity index (χ1v) is 6.98. The molecule has 7 heteroatoms. The van der Waals surface area contributed by atoms with E-state index < -0.39 is 32.8 Å². The lowest BCUT2D eigenvalue weighted by molar-refractivity contribution is -0.169. The maximum Gasteiger partial charge on any atom is 0.389 e. The lowest BCUT2D eigenvalue weighted by atomic mass is 9.80. The Hall–Kier alpha value is -0.300. The molecule has 0 radical (unpaired) electrons. The second-order valence-electron chi connectivity index (χ2n) is 5.83. The summed E-state index contributed by atoms with van der Waals surface area (Å²) < 4.78 is 61.3. The SMILES string of the molecule is CC1(CC(F)(F)F)CN(S(=O)(=O)C2(C)CC2)C1. The average Bonchev–Trinajstić information content (AvgIpc) is 2.77. The molecule has 3 nitrogen and oxygen atoms in total. The van der Waals surface area contributed by atoms with E-state index in [0.717, 1.165) is 0 Å². The molecule has 2 rings (SSSR count). The standard InChI is InChI=1S/C10H16F3NO2S/c1-8(5-10(11,12)13)6-14(7-8)17(15,16)9(2)3-4-9/h3-7H2,1-2H3. The summed E-state index contributed by atoms with van der Waals surface area (Å²) in [5.41, 5.74) is -0.948. The predicted octanol–water partition coefficient (Wildman–Crippen LogP) is 2.14. The van der Waals surface area contributed by atoms with Gasteiger partial charge in [0.15, 0.2) is 0 Å². The first kappa shape index (κ1) is 13.1. The molecule has 0 bridgehead atoms. The zero-order chi connectivity index (χ0) is 13.1. The summed E-state index contributed by atoms with van der Waals surface area (Å²) in [6.07, 6.45) is -3.92. The molecule has 0 atom stereocenters. The number of rotatable bonds is 3. The van der Waals surface area contributed by atoms with Crippen LogP contribution in [0.3, 0.4) is 0 Å². The van der Waals surface area contributed by atoms with Crippen molar-refractivity contribution in [2.24, 2.45) is 5.41 Å². The van der Waals surface area contributed by atoms with Gasteiger partial charge in [0.2, 0.25) is 10.0 Å². The summed E-state index contributed by atoms with van der Waals surface area (Å²) in [4.78, 5) is 0. The van der Waals surface area contributed by atoms with Crippen molar-refractivity contribution < 1.29 is 21.6 Å². The molecule has 0 aromatic rings. The lowest BCUT2D eigenvalue weighted by Crippen LogP contribution is -2.60. The number of halogens is 3. The first-order chi connectivity index (χ1) is 7.48. The number of hydrogen-bond acceptors (Lipinski definition) is 2. The van der Waals surface area contributed by atoms with E-state index in [2.05, 4.69) is 0 Å². The van der Waals surface area contributed by atoms with Crippen molar-refractivity contribution >= 4 is 10.0 Å². The van der Waals surface area contributed by atoms with Gasteiger partial charge in [0.25, 0.3) is 0 Å². The van der Waals surface area contributed by atoms with Crippen molar-refractivity contribution in [1.82, 2.24) is 4.31 Å². The van der Waals surface area contributed by atoms with Crippen molar-refractivity contribution in [2.45, 2.75) is 44.0 Å². The monoisotopic (exact) mass is 271 g/mol. The molecule has 0 aromatic carbocycles. The Morgan fingerprint density at radius 1 is 1.18 bits per heavy atom. The van der Waals surface area contributed by atoms with Gasteiger partial charge < -0.3 is 0 Å². The van der Waals surface area contributed by atoms with E-state index in [9.17, 15) is 21.6 Å². The fourth-order valence-corrected chi connectivity index (χ4v) is 4.52. The average molecular weight is 271 g/mol. The fraction of sp³-hybridized carbons (Fsp3) is 1.00. The van der Waals surface area contributed by atoms with Crippen molar-refractivity contribution in [3.63, 3.8) is 0 Å². The largest absolute Gasteiger partial charge is 0.389 e. The molecule has 1 heterocycles. The molecule has 1 aliphatic carbocycles. The summed E-state index contributed by atoms with van der Waals surface area (Å²) in [6, 6.07) is 0. The highest BCUT2D eigenvalue weighted by Gasteiger charge is 2.58. The molecule has 2 aliphatic rings. The zero-order valence-electron chi connectivity index (χ0n) is 9.84. The van der Waals surface area contributed by atoms with Gasteiger partial charge in [0.1, 0.15) is 0 Å². The molecule has 0 spiro atoms. The molecule has 2 fully saturated rings. The van der Waals surface area contributed by atoms with Crippen molar-refractivity contribution in [3.8, 4) is 0 Å². The molecular weight excluding hydrogens is 255 g/mol. The van der Waals surface area contributed by atoms with Gasteiger partial charge in [-0.1, -0.05) is 6.92 Å². The minimum absolute atomic E-state index is 0.00949. The van der Waals surface area contributed by atoms with E-state index in [1.54, 1.807) is 6.92 Å². The highest BCUT2D eigenvalue weighted by molar-refractivity contribution is 7.90. The summed E-state index contributed by atoms with van der Waals surface area (Å²) >= 11 is 0. The summed E-state index contributed by atoms with van der Waals surface area (Å²) in [6.45, 7) is 3.12. The Bertz CT molecular complexity index is 419. The topological polar surface area (TPSA) is 37.4 Å². The van der Waals surface area contributed by atoms with Crippen molar-refractivity contribution in [2.75, 3.05) is 13.1 Å². The van der Waals surface area contributed by atoms with Crippen LogP contribution in [0.1, 0.15) is 33.1 Å². The smallest absolute Gasteiger partial charge is 0.212 e. The van der Waals surface area contributed by atoms with E-state index in [4.69, 9.17) is 0 Å². The quantitative estimate of drug-likeness (QED) is 0.788.